The SMILES string of the molecule is Cc1ccc(-n2ncc3c(C)nn(CC(=O)NC4CCCC4)c(=O)c32)cc1C. The molecule has 4 rings (SSSR count). The largest absolute Gasteiger partial charge is 0.352 e. The number of aromatic nitrogens is 4. The molecule has 2 heterocycles. The summed E-state index contributed by atoms with van der Waals surface area (Å²) in [4.78, 5) is 25.5. The maximum absolute atomic E-state index is 13.1. The fraction of sp³-hybridized carbons (Fsp3) is 0.429. The Morgan fingerprint density at radius 2 is 1.93 bits per heavy atom. The fourth-order valence-corrected chi connectivity index (χ4v) is 3.86. The van der Waals surface area contributed by atoms with Crippen LogP contribution in [0.4, 0.5) is 0 Å². The molecule has 1 amide bonds. The molecule has 1 N–H and O–H groups in total. The standard InChI is InChI=1S/C21H25N5O2/c1-13-8-9-17(10-14(13)2)26-20-18(11-22-26)15(3)24-25(21(20)28)12-19(27)23-16-6-4-5-7-16/h8-11,16H,4-7,12H2,1-3H3,(H,23,27). The van der Waals surface area contributed by atoms with E-state index in [1.807, 2.05) is 39.0 Å². The fourth-order valence-electron chi connectivity index (χ4n) is 3.86. The molecular weight excluding hydrogens is 354 g/mol. The molecule has 1 fully saturated rings. The van der Waals surface area contributed by atoms with Gasteiger partial charge in [0.25, 0.3) is 5.56 Å². The number of nitrogens with zero attached hydrogens (tertiary/aromatic N) is 4. The van der Waals surface area contributed by atoms with Crippen LogP contribution in [-0.2, 0) is 11.3 Å². The third-order valence-electron chi connectivity index (χ3n) is 5.62. The molecular formula is C21H25N5O2. The predicted molar refractivity (Wildman–Crippen MR) is 108 cm³/mol. The Hall–Kier alpha value is -2.96. The van der Waals surface area contributed by atoms with Crippen LogP contribution in [0.3, 0.4) is 0 Å². The molecule has 0 atom stereocenters. The van der Waals surface area contributed by atoms with E-state index in [9.17, 15) is 9.59 Å². The van der Waals surface area contributed by atoms with Crippen molar-refractivity contribution in [3.05, 3.63) is 51.6 Å². The Bertz CT molecular complexity index is 1110. The normalized spacial score (nSPS) is 14.7. The number of carbonyl (C=O) groups is 1. The number of fused-ring (bicyclic) bond motifs is 1. The molecule has 2 aromatic heterocycles. The summed E-state index contributed by atoms with van der Waals surface area (Å²) < 4.78 is 2.89. The maximum Gasteiger partial charge on any atom is 0.293 e. The van der Waals surface area contributed by atoms with Crippen LogP contribution in [0.25, 0.3) is 16.6 Å². The average Bonchev–Trinajstić information content (AvgIpc) is 3.31. The van der Waals surface area contributed by atoms with Crippen LogP contribution in [0, 0.1) is 20.8 Å². The first kappa shape index (κ1) is 18.4. The van der Waals surface area contributed by atoms with Gasteiger partial charge in [0.2, 0.25) is 5.91 Å². The molecule has 0 radical (unpaired) electrons. The first-order valence-corrected chi connectivity index (χ1v) is 9.76. The van der Waals surface area contributed by atoms with E-state index in [1.165, 1.54) is 10.2 Å². The molecule has 0 aliphatic heterocycles. The average molecular weight is 379 g/mol. The molecule has 3 aromatic rings. The number of nitrogens with one attached hydrogen (secondary N) is 1. The van der Waals surface area contributed by atoms with Crippen LogP contribution in [0.2, 0.25) is 0 Å². The van der Waals surface area contributed by atoms with E-state index in [-0.39, 0.29) is 24.1 Å². The van der Waals surface area contributed by atoms with Gasteiger partial charge < -0.3 is 5.32 Å². The number of hydrogen-bond donors (Lipinski definition) is 1. The summed E-state index contributed by atoms with van der Waals surface area (Å²) in [5.41, 5.74) is 3.95. The molecule has 28 heavy (non-hydrogen) atoms. The molecule has 0 unspecified atom stereocenters. The van der Waals surface area contributed by atoms with E-state index >= 15 is 0 Å². The van der Waals surface area contributed by atoms with Crippen molar-refractivity contribution in [1.29, 1.82) is 0 Å². The number of benzene rings is 1. The van der Waals surface area contributed by atoms with Gasteiger partial charge in [-0.15, -0.1) is 0 Å². The number of hydrogen-bond acceptors (Lipinski definition) is 4. The van der Waals surface area contributed by atoms with Crippen molar-refractivity contribution in [3.63, 3.8) is 0 Å². The van der Waals surface area contributed by atoms with Crippen LogP contribution in [0.15, 0.2) is 29.2 Å². The molecule has 1 aliphatic rings. The van der Waals surface area contributed by atoms with E-state index in [4.69, 9.17) is 0 Å². The van der Waals surface area contributed by atoms with Crippen LogP contribution >= 0.6 is 0 Å². The van der Waals surface area contributed by atoms with Crippen molar-refractivity contribution in [2.45, 2.75) is 59.0 Å². The lowest BCUT2D eigenvalue weighted by Gasteiger charge is -2.13. The summed E-state index contributed by atoms with van der Waals surface area (Å²) in [6, 6.07) is 6.18. The monoisotopic (exact) mass is 379 g/mol. The lowest BCUT2D eigenvalue weighted by Crippen LogP contribution is -2.38. The van der Waals surface area contributed by atoms with Gasteiger partial charge in [-0.25, -0.2) is 9.36 Å². The first-order valence-electron chi connectivity index (χ1n) is 9.76. The third-order valence-corrected chi connectivity index (χ3v) is 5.62. The molecule has 0 spiro atoms. The van der Waals surface area contributed by atoms with Gasteiger partial charge >= 0.3 is 0 Å². The van der Waals surface area contributed by atoms with Gasteiger partial charge in [0, 0.05) is 11.4 Å². The lowest BCUT2D eigenvalue weighted by atomic mass is 10.1. The number of aryl methyl sites for hydroxylation is 3. The summed E-state index contributed by atoms with van der Waals surface area (Å²) in [5.74, 6) is -0.169. The number of rotatable bonds is 4. The van der Waals surface area contributed by atoms with Gasteiger partial charge in [-0.05, 0) is 56.9 Å². The third kappa shape index (κ3) is 3.32. The van der Waals surface area contributed by atoms with Crippen molar-refractivity contribution in [3.8, 4) is 5.69 Å². The first-order chi connectivity index (χ1) is 13.4. The highest BCUT2D eigenvalue weighted by Crippen LogP contribution is 2.20. The van der Waals surface area contributed by atoms with Gasteiger partial charge in [-0.2, -0.15) is 10.2 Å². The minimum atomic E-state index is -0.307. The van der Waals surface area contributed by atoms with Gasteiger partial charge in [-0.3, -0.25) is 9.59 Å². The topological polar surface area (TPSA) is 81.8 Å². The molecule has 7 nitrogen and oxygen atoms in total. The molecule has 1 aromatic carbocycles. The van der Waals surface area contributed by atoms with Crippen molar-refractivity contribution in [2.75, 3.05) is 0 Å². The summed E-state index contributed by atoms with van der Waals surface area (Å²) in [5, 5.41) is 12.5. The Balaban J connectivity index is 1.73. The molecule has 0 bridgehead atoms. The van der Waals surface area contributed by atoms with E-state index < -0.39 is 0 Å². The quantitative estimate of drug-likeness (QED) is 0.755. The smallest absolute Gasteiger partial charge is 0.293 e. The second-order valence-corrected chi connectivity index (χ2v) is 7.68. The van der Waals surface area contributed by atoms with Crippen molar-refractivity contribution in [1.82, 2.24) is 24.9 Å². The second-order valence-electron chi connectivity index (χ2n) is 7.68. The van der Waals surface area contributed by atoms with Crippen molar-refractivity contribution < 1.29 is 4.79 Å². The molecule has 7 heteroatoms. The molecule has 1 saturated carbocycles. The van der Waals surface area contributed by atoms with Gasteiger partial charge in [-0.1, -0.05) is 18.9 Å². The minimum Gasteiger partial charge on any atom is -0.352 e. The highest BCUT2D eigenvalue weighted by atomic mass is 16.2. The summed E-state index contributed by atoms with van der Waals surface area (Å²) in [6.45, 7) is 5.83. The van der Waals surface area contributed by atoms with E-state index in [2.05, 4.69) is 15.5 Å². The Labute approximate surface area is 163 Å². The lowest BCUT2D eigenvalue weighted by molar-refractivity contribution is -0.122. The summed E-state index contributed by atoms with van der Waals surface area (Å²) in [7, 11) is 0. The zero-order valence-electron chi connectivity index (χ0n) is 16.5. The minimum absolute atomic E-state index is 0.0791. The highest BCUT2D eigenvalue weighted by molar-refractivity contribution is 5.82. The van der Waals surface area contributed by atoms with Crippen LogP contribution < -0.4 is 10.9 Å². The Morgan fingerprint density at radius 3 is 2.64 bits per heavy atom. The number of carbonyl (C=O) groups excluding carboxylic acids is 1. The Kier molecular flexibility index (Phi) is 4.75. The van der Waals surface area contributed by atoms with Crippen molar-refractivity contribution in [2.24, 2.45) is 0 Å². The van der Waals surface area contributed by atoms with E-state index in [0.717, 1.165) is 36.9 Å². The van der Waals surface area contributed by atoms with Gasteiger partial charge in [0.15, 0.2) is 0 Å². The highest BCUT2D eigenvalue weighted by Gasteiger charge is 2.20. The van der Waals surface area contributed by atoms with Crippen LogP contribution in [0.1, 0.15) is 42.5 Å². The molecule has 1 aliphatic carbocycles. The Morgan fingerprint density at radius 1 is 1.18 bits per heavy atom. The number of amides is 1. The van der Waals surface area contributed by atoms with Crippen LogP contribution in [-0.4, -0.2) is 31.5 Å². The van der Waals surface area contributed by atoms with E-state index in [0.29, 0.717) is 16.6 Å². The summed E-state index contributed by atoms with van der Waals surface area (Å²) >= 11 is 0. The van der Waals surface area contributed by atoms with Gasteiger partial charge in [0.1, 0.15) is 12.1 Å². The van der Waals surface area contributed by atoms with Crippen molar-refractivity contribution >= 4 is 16.8 Å². The summed E-state index contributed by atoms with van der Waals surface area (Å²) in [6.07, 6.45) is 5.96. The predicted octanol–water partition coefficient (Wildman–Crippen LogP) is 2.57. The zero-order valence-corrected chi connectivity index (χ0v) is 16.5. The second kappa shape index (κ2) is 7.22. The molecule has 146 valence electrons. The maximum atomic E-state index is 13.1. The van der Waals surface area contributed by atoms with Gasteiger partial charge in [0.05, 0.1) is 17.6 Å². The van der Waals surface area contributed by atoms with E-state index in [1.54, 1.807) is 10.9 Å². The van der Waals surface area contributed by atoms with Crippen LogP contribution in [0.5, 0.6) is 0 Å². The molecule has 0 saturated heterocycles. The zero-order chi connectivity index (χ0) is 19.8.